The normalized spacial score (nSPS) is 14.5. The van der Waals surface area contributed by atoms with Gasteiger partial charge in [0.25, 0.3) is 0 Å². The molecule has 2 aromatic heterocycles. The van der Waals surface area contributed by atoms with Gasteiger partial charge in [0.2, 0.25) is 0 Å². The predicted molar refractivity (Wildman–Crippen MR) is 70.6 cm³/mol. The Kier molecular flexibility index (Phi) is 3.97. The van der Waals surface area contributed by atoms with Gasteiger partial charge in [-0.3, -0.25) is 4.98 Å². The molecule has 0 fully saturated rings. The number of hydrogen-bond donors (Lipinski definition) is 1. The van der Waals surface area contributed by atoms with Crippen LogP contribution in [0.4, 0.5) is 0 Å². The van der Waals surface area contributed by atoms with E-state index in [1.54, 1.807) is 0 Å². The van der Waals surface area contributed by atoms with Gasteiger partial charge in [-0.25, -0.2) is 0 Å². The molecule has 3 nitrogen and oxygen atoms in total. The SMILES string of the molecule is CC(N[C@@H](C)c1ccncc1)c1ccc(Br)o1. The predicted octanol–water partition coefficient (Wildman–Crippen LogP) is 3.85. The first-order chi connectivity index (χ1) is 8.16. The summed E-state index contributed by atoms with van der Waals surface area (Å²) in [6.07, 6.45) is 3.61. The van der Waals surface area contributed by atoms with Crippen molar-refractivity contribution >= 4 is 15.9 Å². The van der Waals surface area contributed by atoms with Crippen molar-refractivity contribution in [2.45, 2.75) is 25.9 Å². The van der Waals surface area contributed by atoms with E-state index >= 15 is 0 Å². The van der Waals surface area contributed by atoms with Gasteiger partial charge in [-0.1, -0.05) is 0 Å². The van der Waals surface area contributed by atoms with Crippen LogP contribution in [0.5, 0.6) is 0 Å². The van der Waals surface area contributed by atoms with Gasteiger partial charge in [0.15, 0.2) is 4.67 Å². The molecule has 4 heteroatoms. The van der Waals surface area contributed by atoms with Crippen LogP contribution in [0.25, 0.3) is 0 Å². The molecule has 90 valence electrons. The number of halogens is 1. The van der Waals surface area contributed by atoms with Crippen LogP contribution in [-0.4, -0.2) is 4.98 Å². The molecule has 0 spiro atoms. The van der Waals surface area contributed by atoms with E-state index in [9.17, 15) is 0 Å². The lowest BCUT2D eigenvalue weighted by Crippen LogP contribution is -2.22. The van der Waals surface area contributed by atoms with Crippen LogP contribution >= 0.6 is 15.9 Å². The van der Waals surface area contributed by atoms with Gasteiger partial charge in [0.05, 0.1) is 6.04 Å². The lowest BCUT2D eigenvalue weighted by atomic mass is 10.1. The molecule has 2 atom stereocenters. The van der Waals surface area contributed by atoms with Crippen molar-refractivity contribution in [2.75, 3.05) is 0 Å². The number of nitrogens with zero attached hydrogens (tertiary/aromatic N) is 1. The van der Waals surface area contributed by atoms with Gasteiger partial charge in [-0.2, -0.15) is 0 Å². The third kappa shape index (κ3) is 3.17. The Hall–Kier alpha value is -1.13. The van der Waals surface area contributed by atoms with E-state index in [1.807, 2.05) is 36.7 Å². The second kappa shape index (κ2) is 5.47. The standard InChI is InChI=1S/C13H15BrN2O/c1-9(11-5-7-15-8-6-11)16-10(2)12-3-4-13(14)17-12/h3-10,16H,1-2H3/t9-,10?/m0/s1. The van der Waals surface area contributed by atoms with Gasteiger partial charge in [-0.15, -0.1) is 0 Å². The Morgan fingerprint density at radius 1 is 1.12 bits per heavy atom. The molecule has 0 aliphatic carbocycles. The minimum atomic E-state index is 0.171. The first-order valence-corrected chi connectivity index (χ1v) is 6.37. The second-order valence-electron chi connectivity index (χ2n) is 4.03. The fourth-order valence-electron chi connectivity index (χ4n) is 1.77. The molecule has 17 heavy (non-hydrogen) atoms. The Balaban J connectivity index is 2.02. The summed E-state index contributed by atoms with van der Waals surface area (Å²) in [5.41, 5.74) is 1.22. The fourth-order valence-corrected chi connectivity index (χ4v) is 2.09. The van der Waals surface area contributed by atoms with E-state index in [0.29, 0.717) is 0 Å². The maximum Gasteiger partial charge on any atom is 0.169 e. The number of aromatic nitrogens is 1. The van der Waals surface area contributed by atoms with Crippen LogP contribution in [0.15, 0.2) is 45.7 Å². The Morgan fingerprint density at radius 2 is 1.82 bits per heavy atom. The molecule has 2 rings (SSSR count). The van der Waals surface area contributed by atoms with Gasteiger partial charge in [-0.05, 0) is 59.6 Å². The minimum absolute atomic E-state index is 0.171. The van der Waals surface area contributed by atoms with E-state index in [2.05, 4.69) is 40.1 Å². The fraction of sp³-hybridized carbons (Fsp3) is 0.308. The van der Waals surface area contributed by atoms with Gasteiger partial charge in [0.1, 0.15) is 5.76 Å². The van der Waals surface area contributed by atoms with Crippen molar-refractivity contribution in [1.29, 1.82) is 0 Å². The molecule has 0 saturated heterocycles. The number of rotatable bonds is 4. The summed E-state index contributed by atoms with van der Waals surface area (Å²) in [5.74, 6) is 0.929. The van der Waals surface area contributed by atoms with Crippen LogP contribution < -0.4 is 5.32 Å². The highest BCUT2D eigenvalue weighted by atomic mass is 79.9. The number of nitrogens with one attached hydrogen (secondary N) is 1. The Labute approximate surface area is 109 Å². The molecular weight excluding hydrogens is 280 g/mol. The van der Waals surface area contributed by atoms with Crippen molar-refractivity contribution in [1.82, 2.24) is 10.3 Å². The number of furan rings is 1. The first kappa shape index (κ1) is 12.3. The summed E-state index contributed by atoms with van der Waals surface area (Å²) in [6.45, 7) is 4.22. The summed E-state index contributed by atoms with van der Waals surface area (Å²) in [4.78, 5) is 4.02. The third-order valence-electron chi connectivity index (χ3n) is 2.73. The molecular formula is C13H15BrN2O. The largest absolute Gasteiger partial charge is 0.453 e. The summed E-state index contributed by atoms with van der Waals surface area (Å²) < 4.78 is 6.29. The van der Waals surface area contributed by atoms with Crippen molar-refractivity contribution in [3.63, 3.8) is 0 Å². The maximum atomic E-state index is 5.52. The molecule has 0 aliphatic heterocycles. The summed E-state index contributed by atoms with van der Waals surface area (Å²) in [5, 5.41) is 3.48. The maximum absolute atomic E-state index is 5.52. The van der Waals surface area contributed by atoms with E-state index in [1.165, 1.54) is 5.56 Å². The van der Waals surface area contributed by atoms with E-state index < -0.39 is 0 Å². The zero-order valence-electron chi connectivity index (χ0n) is 9.85. The Morgan fingerprint density at radius 3 is 2.41 bits per heavy atom. The van der Waals surface area contributed by atoms with Crippen LogP contribution in [0.2, 0.25) is 0 Å². The lowest BCUT2D eigenvalue weighted by molar-refractivity contribution is 0.394. The zero-order chi connectivity index (χ0) is 12.3. The average Bonchev–Trinajstić information content (AvgIpc) is 2.77. The summed E-state index contributed by atoms with van der Waals surface area (Å²) >= 11 is 3.31. The molecule has 1 unspecified atom stereocenters. The quantitative estimate of drug-likeness (QED) is 0.931. The molecule has 0 bridgehead atoms. The van der Waals surface area contributed by atoms with Crippen LogP contribution in [0, 0.1) is 0 Å². The van der Waals surface area contributed by atoms with Crippen LogP contribution in [-0.2, 0) is 0 Å². The molecule has 2 heterocycles. The molecule has 1 N–H and O–H groups in total. The van der Waals surface area contributed by atoms with Crippen molar-refractivity contribution in [3.05, 3.63) is 52.7 Å². The smallest absolute Gasteiger partial charge is 0.169 e. The van der Waals surface area contributed by atoms with Gasteiger partial charge < -0.3 is 9.73 Å². The third-order valence-corrected chi connectivity index (χ3v) is 3.15. The van der Waals surface area contributed by atoms with E-state index in [-0.39, 0.29) is 12.1 Å². The van der Waals surface area contributed by atoms with Crippen LogP contribution in [0.3, 0.4) is 0 Å². The highest BCUT2D eigenvalue weighted by Gasteiger charge is 2.13. The highest BCUT2D eigenvalue weighted by molar-refractivity contribution is 9.10. The molecule has 0 aromatic carbocycles. The zero-order valence-corrected chi connectivity index (χ0v) is 11.4. The minimum Gasteiger partial charge on any atom is -0.453 e. The summed E-state index contributed by atoms with van der Waals surface area (Å²) in [6, 6.07) is 8.35. The van der Waals surface area contributed by atoms with Crippen molar-refractivity contribution < 1.29 is 4.42 Å². The topological polar surface area (TPSA) is 38.1 Å². The lowest BCUT2D eigenvalue weighted by Gasteiger charge is -2.18. The monoisotopic (exact) mass is 294 g/mol. The van der Waals surface area contributed by atoms with Crippen molar-refractivity contribution in [2.24, 2.45) is 0 Å². The van der Waals surface area contributed by atoms with E-state index in [0.717, 1.165) is 10.4 Å². The second-order valence-corrected chi connectivity index (χ2v) is 4.81. The first-order valence-electron chi connectivity index (χ1n) is 5.58. The number of hydrogen-bond acceptors (Lipinski definition) is 3. The molecule has 0 aliphatic rings. The average molecular weight is 295 g/mol. The molecule has 0 radical (unpaired) electrons. The van der Waals surface area contributed by atoms with E-state index in [4.69, 9.17) is 4.42 Å². The molecule has 0 saturated carbocycles. The molecule has 2 aromatic rings. The highest BCUT2D eigenvalue weighted by Crippen LogP contribution is 2.22. The number of pyridine rings is 1. The molecule has 0 amide bonds. The summed E-state index contributed by atoms with van der Waals surface area (Å²) in [7, 11) is 0. The van der Waals surface area contributed by atoms with Crippen molar-refractivity contribution in [3.8, 4) is 0 Å². The van der Waals surface area contributed by atoms with Gasteiger partial charge >= 0.3 is 0 Å². The Bertz CT molecular complexity index is 469. The van der Waals surface area contributed by atoms with Gasteiger partial charge in [0, 0.05) is 18.4 Å². The van der Waals surface area contributed by atoms with Crippen LogP contribution in [0.1, 0.15) is 37.3 Å².